The first-order valence-corrected chi connectivity index (χ1v) is 9.36. The van der Waals surface area contributed by atoms with Crippen LogP contribution in [0.2, 0.25) is 0 Å². The van der Waals surface area contributed by atoms with E-state index in [1.54, 1.807) is 6.20 Å². The molecule has 2 N–H and O–H groups in total. The summed E-state index contributed by atoms with van der Waals surface area (Å²) < 4.78 is 9.64. The maximum atomic E-state index is 9.78. The summed E-state index contributed by atoms with van der Waals surface area (Å²) in [5.74, 6) is 1.41. The van der Waals surface area contributed by atoms with Crippen molar-refractivity contribution in [1.29, 1.82) is 5.26 Å². The zero-order valence-electron chi connectivity index (χ0n) is 16.2. The van der Waals surface area contributed by atoms with Crippen molar-refractivity contribution in [3.8, 4) is 17.6 Å². The Morgan fingerprint density at radius 1 is 1.25 bits per heavy atom. The summed E-state index contributed by atoms with van der Waals surface area (Å²) in [6.45, 7) is 6.69. The van der Waals surface area contributed by atoms with E-state index in [4.69, 9.17) is 10.5 Å². The molecule has 0 fully saturated rings. The summed E-state index contributed by atoms with van der Waals surface area (Å²) in [6.07, 6.45) is 4.45. The maximum Gasteiger partial charge on any atom is 0.224 e. The first-order chi connectivity index (χ1) is 13.6. The monoisotopic (exact) mass is 374 g/mol. The third kappa shape index (κ3) is 2.65. The number of fused-ring (bicyclic) bond motifs is 1. The maximum absolute atomic E-state index is 9.78. The Balaban J connectivity index is 1.85. The third-order valence-electron chi connectivity index (χ3n) is 5.15. The quantitative estimate of drug-likeness (QED) is 0.757. The second kappa shape index (κ2) is 6.89. The van der Waals surface area contributed by atoms with Crippen LogP contribution >= 0.6 is 0 Å². The molecule has 142 valence electrons. The molecule has 0 radical (unpaired) electrons. The largest absolute Gasteiger partial charge is 0.422 e. The highest BCUT2D eigenvalue weighted by molar-refractivity contribution is 5.56. The lowest BCUT2D eigenvalue weighted by molar-refractivity contribution is 0.350. The van der Waals surface area contributed by atoms with Crippen molar-refractivity contribution in [2.75, 3.05) is 0 Å². The summed E-state index contributed by atoms with van der Waals surface area (Å²) in [6, 6.07) is 10.4. The molecule has 0 saturated heterocycles. The zero-order valence-corrected chi connectivity index (χ0v) is 16.2. The standard InChI is InChI=1S/C21H22N6O/c1-4-17-19-18(16(12-22)20(23)28-21(19)27(5-2)25-17)14-6-8-15(9-7-14)26-11-10-24-13(26)3/h6-11,18H,4-5,23H2,1-3H3. The summed E-state index contributed by atoms with van der Waals surface area (Å²) in [7, 11) is 0. The average Bonchev–Trinajstić information content (AvgIpc) is 3.30. The van der Waals surface area contributed by atoms with Crippen LogP contribution in [0.15, 0.2) is 48.1 Å². The van der Waals surface area contributed by atoms with Gasteiger partial charge in [-0.1, -0.05) is 19.1 Å². The normalized spacial score (nSPS) is 15.9. The van der Waals surface area contributed by atoms with Gasteiger partial charge in [-0.3, -0.25) is 0 Å². The lowest BCUT2D eigenvalue weighted by Crippen LogP contribution is -2.22. The lowest BCUT2D eigenvalue weighted by Gasteiger charge is -2.25. The molecule has 7 nitrogen and oxygen atoms in total. The first kappa shape index (κ1) is 17.9. The van der Waals surface area contributed by atoms with Crippen LogP contribution in [0, 0.1) is 18.3 Å². The van der Waals surface area contributed by atoms with Crippen molar-refractivity contribution in [3.63, 3.8) is 0 Å². The highest BCUT2D eigenvalue weighted by atomic mass is 16.5. The van der Waals surface area contributed by atoms with Gasteiger partial charge in [0, 0.05) is 24.6 Å². The topological polar surface area (TPSA) is 94.7 Å². The van der Waals surface area contributed by atoms with E-state index in [-0.39, 0.29) is 11.8 Å². The van der Waals surface area contributed by atoms with Crippen molar-refractivity contribution < 1.29 is 4.74 Å². The summed E-state index contributed by atoms with van der Waals surface area (Å²) in [5.41, 5.74) is 10.4. The van der Waals surface area contributed by atoms with E-state index in [1.807, 2.05) is 53.6 Å². The number of nitrogens with zero attached hydrogens (tertiary/aromatic N) is 5. The molecule has 1 aliphatic heterocycles. The van der Waals surface area contributed by atoms with E-state index in [1.165, 1.54) is 0 Å². The van der Waals surface area contributed by atoms with Gasteiger partial charge in [0.1, 0.15) is 17.5 Å². The highest BCUT2D eigenvalue weighted by Crippen LogP contribution is 2.44. The molecular weight excluding hydrogens is 352 g/mol. The molecule has 0 bridgehead atoms. The van der Waals surface area contributed by atoms with Gasteiger partial charge < -0.3 is 15.0 Å². The fourth-order valence-corrected chi connectivity index (χ4v) is 3.76. The molecule has 1 atom stereocenters. The van der Waals surface area contributed by atoms with E-state index < -0.39 is 0 Å². The Labute approximate surface area is 163 Å². The first-order valence-electron chi connectivity index (χ1n) is 9.36. The van der Waals surface area contributed by atoms with Gasteiger partial charge in [-0.2, -0.15) is 10.4 Å². The molecule has 4 rings (SSSR count). The molecule has 0 amide bonds. The Morgan fingerprint density at radius 2 is 2.00 bits per heavy atom. The number of aryl methyl sites for hydroxylation is 3. The van der Waals surface area contributed by atoms with Gasteiger partial charge in [-0.15, -0.1) is 0 Å². The summed E-state index contributed by atoms with van der Waals surface area (Å²) in [4.78, 5) is 4.27. The van der Waals surface area contributed by atoms with Crippen molar-refractivity contribution in [3.05, 3.63) is 70.8 Å². The fraction of sp³-hybridized carbons (Fsp3) is 0.286. The average molecular weight is 374 g/mol. The number of imidazole rings is 1. The number of benzene rings is 1. The van der Waals surface area contributed by atoms with Crippen LogP contribution in [0.25, 0.3) is 5.69 Å². The number of hydrogen-bond acceptors (Lipinski definition) is 5. The molecule has 0 spiro atoms. The smallest absolute Gasteiger partial charge is 0.224 e. The summed E-state index contributed by atoms with van der Waals surface area (Å²) in [5, 5.41) is 14.4. The van der Waals surface area contributed by atoms with Crippen LogP contribution in [-0.2, 0) is 13.0 Å². The number of nitrogens with two attached hydrogens (primary N) is 1. The molecule has 28 heavy (non-hydrogen) atoms. The van der Waals surface area contributed by atoms with Crippen molar-refractivity contribution in [2.45, 2.75) is 39.7 Å². The van der Waals surface area contributed by atoms with Crippen molar-refractivity contribution >= 4 is 0 Å². The van der Waals surface area contributed by atoms with Crippen LogP contribution < -0.4 is 10.5 Å². The van der Waals surface area contributed by atoms with E-state index in [2.05, 4.69) is 23.1 Å². The Morgan fingerprint density at radius 3 is 2.57 bits per heavy atom. The van der Waals surface area contributed by atoms with Crippen LogP contribution in [0.1, 0.15) is 42.4 Å². The van der Waals surface area contributed by atoms with Gasteiger partial charge in [0.2, 0.25) is 11.8 Å². The number of hydrogen-bond donors (Lipinski definition) is 1. The SMILES string of the molecule is CCc1nn(CC)c2c1C(c1ccc(-n3ccnc3C)cc1)C(C#N)=C(N)O2. The number of allylic oxidation sites excluding steroid dienone is 1. The molecule has 0 saturated carbocycles. The van der Waals surface area contributed by atoms with Crippen molar-refractivity contribution in [1.82, 2.24) is 19.3 Å². The van der Waals surface area contributed by atoms with Gasteiger partial charge >= 0.3 is 0 Å². The van der Waals surface area contributed by atoms with E-state index >= 15 is 0 Å². The Hall–Kier alpha value is -3.53. The van der Waals surface area contributed by atoms with Crippen LogP contribution in [0.4, 0.5) is 0 Å². The predicted octanol–water partition coefficient (Wildman–Crippen LogP) is 3.18. The van der Waals surface area contributed by atoms with Crippen molar-refractivity contribution in [2.24, 2.45) is 5.73 Å². The van der Waals surface area contributed by atoms with Gasteiger partial charge in [0.05, 0.1) is 17.2 Å². The molecular formula is C21H22N6O. The summed E-state index contributed by atoms with van der Waals surface area (Å²) >= 11 is 0. The third-order valence-corrected chi connectivity index (χ3v) is 5.15. The number of rotatable bonds is 4. The zero-order chi connectivity index (χ0) is 19.8. The number of nitriles is 1. The van der Waals surface area contributed by atoms with E-state index in [9.17, 15) is 5.26 Å². The number of ether oxygens (including phenoxy) is 1. The van der Waals surface area contributed by atoms with E-state index in [0.717, 1.165) is 34.8 Å². The van der Waals surface area contributed by atoms with Gasteiger partial charge in [-0.25, -0.2) is 9.67 Å². The van der Waals surface area contributed by atoms with E-state index in [0.29, 0.717) is 18.0 Å². The predicted molar refractivity (Wildman–Crippen MR) is 105 cm³/mol. The Kier molecular flexibility index (Phi) is 4.40. The minimum absolute atomic E-state index is 0.145. The molecule has 7 heteroatoms. The molecule has 3 aromatic rings. The molecule has 1 unspecified atom stereocenters. The highest BCUT2D eigenvalue weighted by Gasteiger charge is 2.36. The molecule has 2 aromatic heterocycles. The fourth-order valence-electron chi connectivity index (χ4n) is 3.76. The Bertz CT molecular complexity index is 1100. The van der Waals surface area contributed by atoms with Crippen LogP contribution in [0.3, 0.4) is 0 Å². The molecule has 0 aliphatic carbocycles. The molecule has 1 aliphatic rings. The van der Waals surface area contributed by atoms with Gasteiger partial charge in [0.15, 0.2) is 0 Å². The van der Waals surface area contributed by atoms with Crippen LogP contribution in [-0.4, -0.2) is 19.3 Å². The minimum Gasteiger partial charge on any atom is -0.422 e. The van der Waals surface area contributed by atoms with Crippen LogP contribution in [0.5, 0.6) is 5.88 Å². The van der Waals surface area contributed by atoms with Gasteiger partial charge in [0.25, 0.3) is 0 Å². The second-order valence-electron chi connectivity index (χ2n) is 6.70. The number of aromatic nitrogens is 4. The lowest BCUT2D eigenvalue weighted by atomic mass is 9.83. The van der Waals surface area contributed by atoms with Gasteiger partial charge in [-0.05, 0) is 38.0 Å². The molecule has 1 aromatic carbocycles. The minimum atomic E-state index is -0.290. The second-order valence-corrected chi connectivity index (χ2v) is 6.70. The molecule has 3 heterocycles.